The Morgan fingerprint density at radius 3 is 2.43 bits per heavy atom. The van der Waals surface area contributed by atoms with Gasteiger partial charge in [-0.2, -0.15) is 0 Å². The molecule has 0 unspecified atom stereocenters. The molecule has 0 aliphatic rings. The number of hydrogen-bond acceptors (Lipinski definition) is 1. The van der Waals surface area contributed by atoms with Crippen LogP contribution in [-0.4, -0.2) is 6.29 Å². The fourth-order valence-corrected chi connectivity index (χ4v) is 1.49. The smallest absolute Gasteiger partial charge is 0.150 e. The summed E-state index contributed by atoms with van der Waals surface area (Å²) < 4.78 is 0. The number of hydrogen-bond donors (Lipinski definition) is 0. The summed E-state index contributed by atoms with van der Waals surface area (Å²) in [6, 6.07) is 3.82. The highest BCUT2D eigenvalue weighted by molar-refractivity contribution is 5.84. The molecule has 0 aliphatic heterocycles. The maximum Gasteiger partial charge on any atom is 0.150 e. The number of aldehydes is 1. The van der Waals surface area contributed by atoms with Crippen molar-refractivity contribution in [1.82, 2.24) is 0 Å². The van der Waals surface area contributed by atoms with Crippen molar-refractivity contribution >= 4 is 17.9 Å². The Morgan fingerprint density at radius 2 is 2.00 bits per heavy atom. The molecule has 0 aromatic heterocycles. The van der Waals surface area contributed by atoms with Gasteiger partial charge in [0, 0.05) is 5.56 Å². The van der Waals surface area contributed by atoms with Crippen molar-refractivity contribution in [2.75, 3.05) is 0 Å². The van der Waals surface area contributed by atoms with Crippen LogP contribution in [0.5, 0.6) is 0 Å². The zero-order valence-corrected chi connectivity index (χ0v) is 8.63. The van der Waals surface area contributed by atoms with E-state index in [0.717, 1.165) is 28.5 Å². The van der Waals surface area contributed by atoms with Gasteiger partial charge >= 0.3 is 0 Å². The van der Waals surface area contributed by atoms with Gasteiger partial charge in [-0.15, -0.1) is 0 Å². The summed E-state index contributed by atoms with van der Waals surface area (Å²) in [5.74, 6) is 0. The number of benzene rings is 1. The van der Waals surface area contributed by atoms with Gasteiger partial charge in [-0.1, -0.05) is 30.9 Å². The third kappa shape index (κ3) is 1.82. The summed E-state index contributed by atoms with van der Waals surface area (Å²) in [7, 11) is 0. The monoisotopic (exact) mass is 186 g/mol. The fraction of sp³-hybridized carbons (Fsp3) is 0.154. The van der Waals surface area contributed by atoms with Crippen molar-refractivity contribution in [1.29, 1.82) is 0 Å². The Hall–Kier alpha value is -1.63. The molecular formula is C13H14O. The molecule has 0 aliphatic carbocycles. The minimum absolute atomic E-state index is 0.670. The molecule has 14 heavy (non-hydrogen) atoms. The van der Waals surface area contributed by atoms with Gasteiger partial charge in [-0.3, -0.25) is 4.79 Å². The number of aryl methyl sites for hydroxylation is 1. The summed E-state index contributed by atoms with van der Waals surface area (Å²) in [5, 5.41) is 0. The summed E-state index contributed by atoms with van der Waals surface area (Å²) in [4.78, 5) is 10.8. The van der Waals surface area contributed by atoms with Crippen LogP contribution in [0.1, 0.15) is 34.0 Å². The molecule has 0 bridgehead atoms. The molecule has 0 amide bonds. The molecule has 0 fully saturated rings. The van der Waals surface area contributed by atoms with E-state index in [4.69, 9.17) is 0 Å². The van der Waals surface area contributed by atoms with E-state index in [9.17, 15) is 4.79 Å². The minimum Gasteiger partial charge on any atom is -0.298 e. The van der Waals surface area contributed by atoms with Gasteiger partial charge in [-0.05, 0) is 36.6 Å². The number of rotatable bonds is 3. The van der Waals surface area contributed by atoms with E-state index in [2.05, 4.69) is 13.2 Å². The second-order valence-electron chi connectivity index (χ2n) is 3.40. The Bertz CT molecular complexity index is 400. The molecule has 0 atom stereocenters. The Balaban J connectivity index is 3.44. The minimum atomic E-state index is 0.670. The van der Waals surface area contributed by atoms with Crippen LogP contribution in [-0.2, 0) is 0 Å². The lowest BCUT2D eigenvalue weighted by atomic mass is 9.96. The summed E-state index contributed by atoms with van der Waals surface area (Å²) in [6.45, 7) is 11.5. The van der Waals surface area contributed by atoms with Crippen LogP contribution in [0.2, 0.25) is 0 Å². The molecular weight excluding hydrogens is 172 g/mol. The van der Waals surface area contributed by atoms with Crippen molar-refractivity contribution in [3.63, 3.8) is 0 Å². The lowest BCUT2D eigenvalue weighted by Gasteiger charge is -2.08. The van der Waals surface area contributed by atoms with Crippen LogP contribution in [0, 0.1) is 6.92 Å². The van der Waals surface area contributed by atoms with Crippen LogP contribution < -0.4 is 0 Å². The maximum absolute atomic E-state index is 10.8. The zero-order chi connectivity index (χ0) is 10.7. The molecule has 1 aromatic rings. The van der Waals surface area contributed by atoms with Crippen LogP contribution >= 0.6 is 0 Å². The molecule has 0 spiro atoms. The first kappa shape index (κ1) is 10.5. The van der Waals surface area contributed by atoms with E-state index in [-0.39, 0.29) is 0 Å². The van der Waals surface area contributed by atoms with E-state index in [1.54, 1.807) is 6.08 Å². The highest BCUT2D eigenvalue weighted by Gasteiger charge is 2.04. The molecule has 1 nitrogen and oxygen atoms in total. The van der Waals surface area contributed by atoms with Gasteiger partial charge in [-0.25, -0.2) is 0 Å². The first-order valence-corrected chi connectivity index (χ1v) is 4.48. The molecule has 1 heteroatoms. The van der Waals surface area contributed by atoms with Gasteiger partial charge in [0.25, 0.3) is 0 Å². The van der Waals surface area contributed by atoms with E-state index < -0.39 is 0 Å². The number of allylic oxidation sites excluding steroid dienone is 1. The Morgan fingerprint density at radius 1 is 1.36 bits per heavy atom. The first-order chi connectivity index (χ1) is 6.60. The van der Waals surface area contributed by atoms with E-state index >= 15 is 0 Å². The maximum atomic E-state index is 10.8. The van der Waals surface area contributed by atoms with Crippen LogP contribution in [0.25, 0.3) is 11.6 Å². The van der Waals surface area contributed by atoms with E-state index in [1.807, 2.05) is 26.0 Å². The number of carbonyl (C=O) groups is 1. The fourth-order valence-electron chi connectivity index (χ4n) is 1.49. The third-order valence-electron chi connectivity index (χ3n) is 2.24. The predicted octanol–water partition coefficient (Wildman–Crippen LogP) is 3.48. The third-order valence-corrected chi connectivity index (χ3v) is 2.24. The zero-order valence-electron chi connectivity index (χ0n) is 8.63. The van der Waals surface area contributed by atoms with Gasteiger partial charge in [0.1, 0.15) is 0 Å². The Kier molecular flexibility index (Phi) is 3.03. The molecule has 0 saturated carbocycles. The lowest BCUT2D eigenvalue weighted by molar-refractivity contribution is 0.112. The van der Waals surface area contributed by atoms with Crippen molar-refractivity contribution in [2.45, 2.75) is 13.8 Å². The quantitative estimate of drug-likeness (QED) is 0.660. The molecule has 0 heterocycles. The van der Waals surface area contributed by atoms with Crippen molar-refractivity contribution < 1.29 is 4.79 Å². The summed E-state index contributed by atoms with van der Waals surface area (Å²) in [5.41, 5.74) is 4.68. The van der Waals surface area contributed by atoms with E-state index in [0.29, 0.717) is 5.56 Å². The lowest BCUT2D eigenvalue weighted by Crippen LogP contribution is -1.93. The second-order valence-corrected chi connectivity index (χ2v) is 3.40. The molecule has 0 radical (unpaired) electrons. The van der Waals surface area contributed by atoms with Gasteiger partial charge in [0.2, 0.25) is 0 Å². The SMILES string of the molecule is C=Cc1cc(C)c(C(=C)C)cc1C=O. The molecule has 72 valence electrons. The van der Waals surface area contributed by atoms with Crippen molar-refractivity contribution in [2.24, 2.45) is 0 Å². The number of carbonyl (C=O) groups excluding carboxylic acids is 1. The van der Waals surface area contributed by atoms with Gasteiger partial charge in [0.05, 0.1) is 0 Å². The highest BCUT2D eigenvalue weighted by atomic mass is 16.1. The van der Waals surface area contributed by atoms with Crippen LogP contribution in [0.15, 0.2) is 25.3 Å². The van der Waals surface area contributed by atoms with Gasteiger partial charge < -0.3 is 0 Å². The summed E-state index contributed by atoms with van der Waals surface area (Å²) >= 11 is 0. The molecule has 0 saturated heterocycles. The first-order valence-electron chi connectivity index (χ1n) is 4.48. The Labute approximate surface area is 84.8 Å². The molecule has 0 N–H and O–H groups in total. The van der Waals surface area contributed by atoms with Crippen molar-refractivity contribution in [3.8, 4) is 0 Å². The van der Waals surface area contributed by atoms with Crippen LogP contribution in [0.3, 0.4) is 0 Å². The average Bonchev–Trinajstić information content (AvgIpc) is 2.16. The predicted molar refractivity (Wildman–Crippen MR) is 61.4 cm³/mol. The van der Waals surface area contributed by atoms with Crippen molar-refractivity contribution in [3.05, 3.63) is 47.5 Å². The highest BCUT2D eigenvalue weighted by Crippen LogP contribution is 2.21. The standard InChI is InChI=1S/C13H14O/c1-5-11-6-10(4)13(9(2)3)7-12(11)8-14/h5-8H,1-2H2,3-4H3. The van der Waals surface area contributed by atoms with Gasteiger partial charge in [0.15, 0.2) is 6.29 Å². The normalized spacial score (nSPS) is 9.57. The molecule has 1 aromatic carbocycles. The second kappa shape index (κ2) is 4.05. The largest absolute Gasteiger partial charge is 0.298 e. The van der Waals surface area contributed by atoms with Crippen LogP contribution in [0.4, 0.5) is 0 Å². The topological polar surface area (TPSA) is 17.1 Å². The molecule has 1 rings (SSSR count). The summed E-state index contributed by atoms with van der Waals surface area (Å²) in [6.07, 6.45) is 2.54. The van der Waals surface area contributed by atoms with E-state index in [1.165, 1.54) is 0 Å². The average molecular weight is 186 g/mol.